The van der Waals surface area contributed by atoms with Crippen LogP contribution >= 0.6 is 0 Å². The van der Waals surface area contributed by atoms with E-state index in [-0.39, 0.29) is 24.9 Å². The Morgan fingerprint density at radius 3 is 2.62 bits per heavy atom. The van der Waals surface area contributed by atoms with E-state index in [0.29, 0.717) is 18.8 Å². The minimum atomic E-state index is -0.890. The van der Waals surface area contributed by atoms with E-state index < -0.39 is 30.3 Å². The molecule has 2 rings (SSSR count). The maximum atomic E-state index is 12.6. The van der Waals surface area contributed by atoms with E-state index in [1.165, 1.54) is 11.1 Å². The van der Waals surface area contributed by atoms with Crippen molar-refractivity contribution < 1.29 is 33.3 Å². The summed E-state index contributed by atoms with van der Waals surface area (Å²) in [5, 5.41) is 0. The predicted octanol–water partition coefficient (Wildman–Crippen LogP) is 1.85. The second kappa shape index (κ2) is 10.3. The molecule has 0 saturated carbocycles. The average Bonchev–Trinajstić information content (AvgIpc) is 3.10. The van der Waals surface area contributed by atoms with Crippen molar-refractivity contribution in [3.05, 3.63) is 30.1 Å². The summed E-state index contributed by atoms with van der Waals surface area (Å²) in [6.45, 7) is 5.73. The molecular formula is C20H28N2O7. The fourth-order valence-corrected chi connectivity index (χ4v) is 2.81. The van der Waals surface area contributed by atoms with Crippen molar-refractivity contribution in [2.24, 2.45) is 0 Å². The van der Waals surface area contributed by atoms with E-state index in [4.69, 9.17) is 18.9 Å². The van der Waals surface area contributed by atoms with Gasteiger partial charge in [-0.05, 0) is 32.9 Å². The Kier molecular flexibility index (Phi) is 8.10. The normalized spacial score (nSPS) is 19.1. The molecule has 0 unspecified atom stereocenters. The van der Waals surface area contributed by atoms with Gasteiger partial charge in [0, 0.05) is 31.5 Å². The van der Waals surface area contributed by atoms with Gasteiger partial charge in [-0.15, -0.1) is 0 Å². The van der Waals surface area contributed by atoms with Crippen LogP contribution in [0.1, 0.15) is 37.6 Å². The Labute approximate surface area is 170 Å². The number of hydrogen-bond donors (Lipinski definition) is 0. The summed E-state index contributed by atoms with van der Waals surface area (Å²) >= 11 is 0. The first-order valence-corrected chi connectivity index (χ1v) is 9.41. The SMILES string of the molecule is COCCO[C@@H]1C[C@@H](C(=O)OCC(=O)c2cccnc2)N(C(=O)OC(C)(C)C)C1. The number of carbonyl (C=O) groups excluding carboxylic acids is 3. The molecule has 2 atom stereocenters. The number of rotatable bonds is 8. The Hall–Kier alpha value is -2.52. The molecule has 0 radical (unpaired) electrons. The second-order valence-corrected chi connectivity index (χ2v) is 7.64. The molecule has 2 heterocycles. The first kappa shape index (κ1) is 22.8. The number of carbonyl (C=O) groups is 3. The highest BCUT2D eigenvalue weighted by molar-refractivity contribution is 5.98. The standard InChI is InChI=1S/C20H28N2O7/c1-20(2,3)29-19(25)22-12-15(27-9-8-26-4)10-16(22)18(24)28-13-17(23)14-6-5-7-21-11-14/h5-7,11,15-16H,8-10,12-13H2,1-4H3/t15-,16+/m1/s1. The quantitative estimate of drug-likeness (QED) is 0.365. The lowest BCUT2D eigenvalue weighted by Gasteiger charge is -2.27. The van der Waals surface area contributed by atoms with Crippen LogP contribution in [-0.2, 0) is 23.7 Å². The number of hydrogen-bond acceptors (Lipinski definition) is 8. The number of nitrogens with zero attached hydrogens (tertiary/aromatic N) is 2. The molecule has 0 aromatic carbocycles. The molecular weight excluding hydrogens is 380 g/mol. The van der Waals surface area contributed by atoms with Gasteiger partial charge in [0.05, 0.1) is 25.9 Å². The number of esters is 1. The average molecular weight is 408 g/mol. The molecule has 1 saturated heterocycles. The van der Waals surface area contributed by atoms with Crippen molar-refractivity contribution in [2.75, 3.05) is 33.5 Å². The first-order valence-electron chi connectivity index (χ1n) is 9.41. The number of methoxy groups -OCH3 is 1. The smallest absolute Gasteiger partial charge is 0.411 e. The van der Waals surface area contributed by atoms with Gasteiger partial charge in [0.25, 0.3) is 0 Å². The lowest BCUT2D eigenvalue weighted by molar-refractivity contribution is -0.147. The van der Waals surface area contributed by atoms with Crippen LogP contribution in [0.3, 0.4) is 0 Å². The van der Waals surface area contributed by atoms with Gasteiger partial charge in [-0.1, -0.05) is 0 Å². The summed E-state index contributed by atoms with van der Waals surface area (Å²) in [6.07, 6.45) is 2.21. The molecule has 1 fully saturated rings. The van der Waals surface area contributed by atoms with Gasteiger partial charge >= 0.3 is 12.1 Å². The van der Waals surface area contributed by atoms with Crippen molar-refractivity contribution in [3.8, 4) is 0 Å². The van der Waals surface area contributed by atoms with Gasteiger partial charge in [-0.3, -0.25) is 14.7 Å². The summed E-state index contributed by atoms with van der Waals surface area (Å²) in [4.78, 5) is 42.5. The summed E-state index contributed by atoms with van der Waals surface area (Å²) in [6, 6.07) is 2.32. The van der Waals surface area contributed by atoms with E-state index in [9.17, 15) is 14.4 Å². The summed E-state index contributed by atoms with van der Waals surface area (Å²) in [7, 11) is 1.56. The Bertz CT molecular complexity index is 703. The summed E-state index contributed by atoms with van der Waals surface area (Å²) < 4.78 is 21.2. The zero-order valence-electron chi connectivity index (χ0n) is 17.3. The van der Waals surface area contributed by atoms with Gasteiger partial charge in [0.2, 0.25) is 5.78 Å². The van der Waals surface area contributed by atoms with Crippen LogP contribution < -0.4 is 0 Å². The van der Waals surface area contributed by atoms with Crippen LogP contribution in [0.4, 0.5) is 4.79 Å². The van der Waals surface area contributed by atoms with Crippen LogP contribution in [-0.4, -0.2) is 79.0 Å². The number of ether oxygens (including phenoxy) is 4. The van der Waals surface area contributed by atoms with Crippen molar-refractivity contribution >= 4 is 17.8 Å². The minimum Gasteiger partial charge on any atom is -0.456 e. The zero-order chi connectivity index (χ0) is 21.4. The molecule has 1 aliphatic rings. The fraction of sp³-hybridized carbons (Fsp3) is 0.600. The number of ketones is 1. The maximum Gasteiger partial charge on any atom is 0.411 e. The molecule has 9 heteroatoms. The topological polar surface area (TPSA) is 104 Å². The molecule has 1 aromatic heterocycles. The van der Waals surface area contributed by atoms with Gasteiger partial charge in [-0.25, -0.2) is 9.59 Å². The van der Waals surface area contributed by atoms with Crippen LogP contribution in [0.5, 0.6) is 0 Å². The molecule has 9 nitrogen and oxygen atoms in total. The number of aromatic nitrogens is 1. The minimum absolute atomic E-state index is 0.189. The van der Waals surface area contributed by atoms with Gasteiger partial charge < -0.3 is 18.9 Å². The van der Waals surface area contributed by atoms with Crippen molar-refractivity contribution in [1.82, 2.24) is 9.88 Å². The largest absolute Gasteiger partial charge is 0.456 e. The maximum absolute atomic E-state index is 12.6. The van der Waals surface area contributed by atoms with E-state index in [2.05, 4.69) is 4.98 Å². The molecule has 1 aromatic rings. The number of pyridine rings is 1. The van der Waals surface area contributed by atoms with E-state index >= 15 is 0 Å². The van der Waals surface area contributed by atoms with Crippen molar-refractivity contribution in [1.29, 1.82) is 0 Å². The van der Waals surface area contributed by atoms with Gasteiger partial charge in [0.15, 0.2) is 6.61 Å². The Balaban J connectivity index is 2.01. The molecule has 29 heavy (non-hydrogen) atoms. The van der Waals surface area contributed by atoms with Crippen LogP contribution in [0.25, 0.3) is 0 Å². The van der Waals surface area contributed by atoms with Crippen molar-refractivity contribution in [2.45, 2.75) is 44.9 Å². The molecule has 1 amide bonds. The molecule has 0 N–H and O–H groups in total. The summed E-state index contributed by atoms with van der Waals surface area (Å²) in [5.41, 5.74) is -0.368. The third-order valence-electron chi connectivity index (χ3n) is 4.13. The van der Waals surface area contributed by atoms with Gasteiger partial charge in [0.1, 0.15) is 11.6 Å². The fourth-order valence-electron chi connectivity index (χ4n) is 2.81. The molecule has 0 bridgehead atoms. The number of likely N-dealkylation sites (tertiary alicyclic amines) is 1. The predicted molar refractivity (Wildman–Crippen MR) is 102 cm³/mol. The second-order valence-electron chi connectivity index (χ2n) is 7.64. The third-order valence-corrected chi connectivity index (χ3v) is 4.13. The zero-order valence-corrected chi connectivity index (χ0v) is 17.3. The van der Waals surface area contributed by atoms with E-state index in [1.807, 2.05) is 0 Å². The van der Waals surface area contributed by atoms with Gasteiger partial charge in [-0.2, -0.15) is 0 Å². The summed E-state index contributed by atoms with van der Waals surface area (Å²) in [5.74, 6) is -1.05. The Morgan fingerprint density at radius 1 is 1.24 bits per heavy atom. The van der Waals surface area contributed by atoms with Crippen molar-refractivity contribution in [3.63, 3.8) is 0 Å². The molecule has 1 aliphatic heterocycles. The van der Waals surface area contributed by atoms with E-state index in [1.54, 1.807) is 46.2 Å². The molecule has 0 aliphatic carbocycles. The van der Waals surface area contributed by atoms with E-state index in [0.717, 1.165) is 0 Å². The number of Topliss-reactive ketones (excluding diaryl/α,β-unsaturated/α-hetero) is 1. The lowest BCUT2D eigenvalue weighted by atomic mass is 10.2. The third kappa shape index (κ3) is 7.10. The highest BCUT2D eigenvalue weighted by atomic mass is 16.6. The first-order chi connectivity index (χ1) is 13.7. The van der Waals surface area contributed by atoms with Crippen LogP contribution in [0.15, 0.2) is 24.5 Å². The number of amides is 1. The highest BCUT2D eigenvalue weighted by Gasteiger charge is 2.43. The monoisotopic (exact) mass is 408 g/mol. The van der Waals surface area contributed by atoms with Crippen LogP contribution in [0, 0.1) is 0 Å². The van der Waals surface area contributed by atoms with Crippen LogP contribution in [0.2, 0.25) is 0 Å². The lowest BCUT2D eigenvalue weighted by Crippen LogP contribution is -2.44. The Morgan fingerprint density at radius 2 is 2.00 bits per heavy atom. The molecule has 0 spiro atoms. The molecule has 160 valence electrons. The highest BCUT2D eigenvalue weighted by Crippen LogP contribution is 2.24.